The molecule has 2 aromatic carbocycles. The van der Waals surface area contributed by atoms with Gasteiger partial charge in [-0.1, -0.05) is 42.0 Å². The van der Waals surface area contributed by atoms with Gasteiger partial charge in [0.05, 0.1) is 0 Å². The lowest BCUT2D eigenvalue weighted by atomic mass is 10.1. The molecule has 3 rings (SSSR count). The van der Waals surface area contributed by atoms with E-state index in [1.165, 1.54) is 16.9 Å². The number of carbonyl (C=O) groups is 1. The van der Waals surface area contributed by atoms with Gasteiger partial charge in [0.2, 0.25) is 0 Å². The topological polar surface area (TPSA) is 59.4 Å². The summed E-state index contributed by atoms with van der Waals surface area (Å²) in [7, 11) is 0. The van der Waals surface area contributed by atoms with E-state index in [1.807, 2.05) is 55.5 Å². The molecule has 0 aliphatic rings. The number of ether oxygens (including phenoxy) is 1. The standard InChI is InChI=1S/C18H15NO3S/c1-12-6-8-14(9-7-12)22-10-13-4-2-3-5-15(13)17-19-16(11-23-17)18(20)21/h2-9,11H,10H2,1H3,(H,20,21). The zero-order chi connectivity index (χ0) is 16.2. The number of aryl methyl sites for hydroxylation is 1. The van der Waals surface area contributed by atoms with Crippen molar-refractivity contribution >= 4 is 17.3 Å². The fourth-order valence-corrected chi connectivity index (χ4v) is 3.00. The normalized spacial score (nSPS) is 10.5. The molecule has 4 nitrogen and oxygen atoms in total. The number of hydrogen-bond acceptors (Lipinski definition) is 4. The van der Waals surface area contributed by atoms with E-state index in [-0.39, 0.29) is 5.69 Å². The fraction of sp³-hybridized carbons (Fsp3) is 0.111. The molecule has 1 heterocycles. The Morgan fingerprint density at radius 1 is 1.17 bits per heavy atom. The van der Waals surface area contributed by atoms with E-state index >= 15 is 0 Å². The van der Waals surface area contributed by atoms with Crippen LogP contribution in [0.3, 0.4) is 0 Å². The average molecular weight is 325 g/mol. The Hall–Kier alpha value is -2.66. The number of carboxylic acids is 1. The molecular weight excluding hydrogens is 310 g/mol. The van der Waals surface area contributed by atoms with Crippen LogP contribution in [0.25, 0.3) is 10.6 Å². The van der Waals surface area contributed by atoms with E-state index in [2.05, 4.69) is 4.98 Å². The van der Waals surface area contributed by atoms with Crippen molar-refractivity contribution in [3.05, 3.63) is 70.7 Å². The Morgan fingerprint density at radius 3 is 2.61 bits per heavy atom. The van der Waals surface area contributed by atoms with Crippen molar-refractivity contribution in [2.75, 3.05) is 0 Å². The minimum Gasteiger partial charge on any atom is -0.489 e. The van der Waals surface area contributed by atoms with Crippen LogP contribution in [0, 0.1) is 6.92 Å². The van der Waals surface area contributed by atoms with Crippen molar-refractivity contribution in [3.8, 4) is 16.3 Å². The second-order valence-electron chi connectivity index (χ2n) is 5.10. The SMILES string of the molecule is Cc1ccc(OCc2ccccc2-c2nc(C(=O)O)cs2)cc1. The Kier molecular flexibility index (Phi) is 4.39. The Labute approximate surface area is 138 Å². The Balaban J connectivity index is 1.82. The molecule has 0 radical (unpaired) electrons. The summed E-state index contributed by atoms with van der Waals surface area (Å²) in [6, 6.07) is 15.6. The summed E-state index contributed by atoms with van der Waals surface area (Å²) in [5.74, 6) is -0.211. The summed E-state index contributed by atoms with van der Waals surface area (Å²) in [6.07, 6.45) is 0. The molecule has 0 unspecified atom stereocenters. The lowest BCUT2D eigenvalue weighted by Gasteiger charge is -2.09. The van der Waals surface area contributed by atoms with E-state index in [1.54, 1.807) is 5.38 Å². The highest BCUT2D eigenvalue weighted by molar-refractivity contribution is 7.13. The third-order valence-corrected chi connectivity index (χ3v) is 4.26. The summed E-state index contributed by atoms with van der Waals surface area (Å²) >= 11 is 1.32. The van der Waals surface area contributed by atoms with Gasteiger partial charge in [0, 0.05) is 10.9 Å². The molecule has 116 valence electrons. The molecule has 0 spiro atoms. The van der Waals surface area contributed by atoms with Crippen LogP contribution in [0.15, 0.2) is 53.9 Å². The lowest BCUT2D eigenvalue weighted by molar-refractivity contribution is 0.0691. The highest BCUT2D eigenvalue weighted by atomic mass is 32.1. The largest absolute Gasteiger partial charge is 0.489 e. The van der Waals surface area contributed by atoms with Gasteiger partial charge in [-0.05, 0) is 24.6 Å². The first-order valence-corrected chi connectivity index (χ1v) is 7.98. The van der Waals surface area contributed by atoms with Crippen LogP contribution in [0.5, 0.6) is 5.75 Å². The van der Waals surface area contributed by atoms with E-state index in [0.29, 0.717) is 11.6 Å². The summed E-state index contributed by atoms with van der Waals surface area (Å²) in [6.45, 7) is 2.43. The molecule has 0 saturated carbocycles. The van der Waals surface area contributed by atoms with Crippen LogP contribution < -0.4 is 4.74 Å². The minimum absolute atomic E-state index is 0.0688. The van der Waals surface area contributed by atoms with Gasteiger partial charge in [0.1, 0.15) is 17.4 Å². The van der Waals surface area contributed by atoms with Gasteiger partial charge >= 0.3 is 5.97 Å². The first-order valence-electron chi connectivity index (χ1n) is 7.10. The van der Waals surface area contributed by atoms with E-state index < -0.39 is 5.97 Å². The number of aromatic nitrogens is 1. The molecular formula is C18H15NO3S. The molecule has 0 atom stereocenters. The molecule has 0 saturated heterocycles. The maximum absolute atomic E-state index is 11.0. The van der Waals surface area contributed by atoms with Crippen LogP contribution in [0.1, 0.15) is 21.6 Å². The van der Waals surface area contributed by atoms with Crippen molar-refractivity contribution < 1.29 is 14.6 Å². The van der Waals surface area contributed by atoms with E-state index in [9.17, 15) is 4.79 Å². The number of aromatic carboxylic acids is 1. The maximum Gasteiger partial charge on any atom is 0.355 e. The van der Waals surface area contributed by atoms with Crippen LogP contribution in [0.4, 0.5) is 0 Å². The van der Waals surface area contributed by atoms with Crippen molar-refractivity contribution in [1.29, 1.82) is 0 Å². The van der Waals surface area contributed by atoms with Crippen LogP contribution in [0.2, 0.25) is 0 Å². The van der Waals surface area contributed by atoms with Gasteiger partial charge in [-0.3, -0.25) is 0 Å². The van der Waals surface area contributed by atoms with Crippen LogP contribution in [-0.4, -0.2) is 16.1 Å². The van der Waals surface area contributed by atoms with Crippen molar-refractivity contribution in [2.24, 2.45) is 0 Å². The van der Waals surface area contributed by atoms with Crippen LogP contribution in [-0.2, 0) is 6.61 Å². The second kappa shape index (κ2) is 6.62. The maximum atomic E-state index is 11.0. The molecule has 0 bridgehead atoms. The smallest absolute Gasteiger partial charge is 0.355 e. The fourth-order valence-electron chi connectivity index (χ4n) is 2.15. The third-order valence-electron chi connectivity index (χ3n) is 3.39. The number of nitrogens with zero attached hydrogens (tertiary/aromatic N) is 1. The summed E-state index contributed by atoms with van der Waals surface area (Å²) < 4.78 is 5.82. The highest BCUT2D eigenvalue weighted by Gasteiger charge is 2.13. The quantitative estimate of drug-likeness (QED) is 0.755. The summed E-state index contributed by atoms with van der Waals surface area (Å²) in [4.78, 5) is 15.2. The van der Waals surface area contributed by atoms with Crippen LogP contribution >= 0.6 is 11.3 Å². The first kappa shape index (κ1) is 15.2. The average Bonchev–Trinajstić information content (AvgIpc) is 3.05. The third kappa shape index (κ3) is 3.57. The monoisotopic (exact) mass is 325 g/mol. The first-order chi connectivity index (χ1) is 11.1. The van der Waals surface area contributed by atoms with E-state index in [0.717, 1.165) is 16.9 Å². The van der Waals surface area contributed by atoms with Crippen molar-refractivity contribution in [3.63, 3.8) is 0 Å². The molecule has 1 N–H and O–H groups in total. The Morgan fingerprint density at radius 2 is 1.91 bits per heavy atom. The zero-order valence-corrected chi connectivity index (χ0v) is 13.3. The van der Waals surface area contributed by atoms with Gasteiger partial charge in [-0.25, -0.2) is 9.78 Å². The molecule has 5 heteroatoms. The number of rotatable bonds is 5. The van der Waals surface area contributed by atoms with Crippen molar-refractivity contribution in [2.45, 2.75) is 13.5 Å². The van der Waals surface area contributed by atoms with Gasteiger partial charge < -0.3 is 9.84 Å². The number of thiazole rings is 1. The van der Waals surface area contributed by atoms with Gasteiger partial charge in [-0.15, -0.1) is 11.3 Å². The predicted molar refractivity (Wildman–Crippen MR) is 90.0 cm³/mol. The molecule has 0 fully saturated rings. The van der Waals surface area contributed by atoms with Gasteiger partial charge in [0.15, 0.2) is 5.69 Å². The highest BCUT2D eigenvalue weighted by Crippen LogP contribution is 2.28. The van der Waals surface area contributed by atoms with Crippen molar-refractivity contribution in [1.82, 2.24) is 4.98 Å². The molecule has 0 amide bonds. The molecule has 1 aromatic heterocycles. The van der Waals surface area contributed by atoms with Gasteiger partial charge in [-0.2, -0.15) is 0 Å². The molecule has 0 aliphatic carbocycles. The Bertz CT molecular complexity index is 824. The second-order valence-corrected chi connectivity index (χ2v) is 5.96. The van der Waals surface area contributed by atoms with E-state index in [4.69, 9.17) is 9.84 Å². The molecule has 3 aromatic rings. The lowest BCUT2D eigenvalue weighted by Crippen LogP contribution is -1.99. The minimum atomic E-state index is -1.01. The number of benzene rings is 2. The molecule has 0 aliphatic heterocycles. The molecule has 23 heavy (non-hydrogen) atoms. The summed E-state index contributed by atoms with van der Waals surface area (Å²) in [5, 5.41) is 11.2. The summed E-state index contributed by atoms with van der Waals surface area (Å²) in [5.41, 5.74) is 3.12. The predicted octanol–water partition coefficient (Wildman–Crippen LogP) is 4.40. The van der Waals surface area contributed by atoms with Gasteiger partial charge in [0.25, 0.3) is 0 Å². The number of hydrogen-bond donors (Lipinski definition) is 1. The zero-order valence-electron chi connectivity index (χ0n) is 12.5. The number of carboxylic acid groups (broad SMARTS) is 1.